The minimum Gasteiger partial charge on any atom is -0.465 e. The standard InChI is InChI=1S/C11H10FNO4/c1-17-11(14)9-5-7(13(15)16)4-8(10(9)12)6-2-3-6/h4-6H,2-3H2,1H3. The molecule has 1 aliphatic rings. The van der Waals surface area contributed by atoms with Gasteiger partial charge in [-0.05, 0) is 24.3 Å². The first-order valence-electron chi connectivity index (χ1n) is 5.10. The molecule has 1 fully saturated rings. The first-order valence-corrected chi connectivity index (χ1v) is 5.10. The third-order valence-electron chi connectivity index (χ3n) is 2.72. The molecule has 5 nitrogen and oxygen atoms in total. The van der Waals surface area contributed by atoms with E-state index in [2.05, 4.69) is 4.74 Å². The van der Waals surface area contributed by atoms with E-state index in [1.54, 1.807) is 0 Å². The molecular weight excluding hydrogens is 229 g/mol. The van der Waals surface area contributed by atoms with E-state index in [1.807, 2.05) is 0 Å². The summed E-state index contributed by atoms with van der Waals surface area (Å²) in [4.78, 5) is 21.4. The largest absolute Gasteiger partial charge is 0.465 e. The zero-order chi connectivity index (χ0) is 12.6. The van der Waals surface area contributed by atoms with Gasteiger partial charge in [0.05, 0.1) is 12.0 Å². The minimum atomic E-state index is -0.895. The van der Waals surface area contributed by atoms with Crippen LogP contribution in [0.1, 0.15) is 34.7 Å². The molecule has 0 amide bonds. The van der Waals surface area contributed by atoms with Gasteiger partial charge < -0.3 is 4.74 Å². The van der Waals surface area contributed by atoms with Crippen molar-refractivity contribution in [3.8, 4) is 0 Å². The molecule has 1 aliphatic carbocycles. The lowest BCUT2D eigenvalue weighted by Gasteiger charge is -2.06. The number of carbonyl (C=O) groups excluding carboxylic acids is 1. The number of carbonyl (C=O) groups is 1. The molecule has 0 radical (unpaired) electrons. The number of nitro benzene ring substituents is 1. The number of hydrogen-bond donors (Lipinski definition) is 0. The van der Waals surface area contributed by atoms with Crippen molar-refractivity contribution < 1.29 is 18.8 Å². The van der Waals surface area contributed by atoms with Crippen LogP contribution in [0.15, 0.2) is 12.1 Å². The number of methoxy groups -OCH3 is 1. The molecule has 0 aliphatic heterocycles. The molecule has 0 atom stereocenters. The zero-order valence-electron chi connectivity index (χ0n) is 9.10. The number of nitro groups is 1. The Hall–Kier alpha value is -1.98. The van der Waals surface area contributed by atoms with E-state index in [-0.39, 0.29) is 22.7 Å². The van der Waals surface area contributed by atoms with Crippen molar-refractivity contribution in [2.75, 3.05) is 7.11 Å². The van der Waals surface area contributed by atoms with Gasteiger partial charge in [0.15, 0.2) is 0 Å². The quantitative estimate of drug-likeness (QED) is 0.461. The van der Waals surface area contributed by atoms with E-state index in [0.29, 0.717) is 0 Å². The number of benzene rings is 1. The maximum absolute atomic E-state index is 13.9. The van der Waals surface area contributed by atoms with Gasteiger partial charge in [-0.15, -0.1) is 0 Å². The summed E-state index contributed by atoms with van der Waals surface area (Å²) in [5.41, 5.74) is -0.420. The molecule has 0 spiro atoms. The van der Waals surface area contributed by atoms with Gasteiger partial charge >= 0.3 is 5.97 Å². The molecule has 1 saturated carbocycles. The molecule has 0 bridgehead atoms. The summed E-state index contributed by atoms with van der Waals surface area (Å²) in [6, 6.07) is 2.10. The van der Waals surface area contributed by atoms with Crippen LogP contribution in [0, 0.1) is 15.9 Å². The average Bonchev–Trinajstić information content (AvgIpc) is 3.12. The van der Waals surface area contributed by atoms with E-state index >= 15 is 0 Å². The van der Waals surface area contributed by atoms with E-state index in [4.69, 9.17) is 0 Å². The van der Waals surface area contributed by atoms with E-state index in [9.17, 15) is 19.3 Å². The minimum absolute atomic E-state index is 0.0155. The fourth-order valence-corrected chi connectivity index (χ4v) is 1.69. The molecule has 0 unspecified atom stereocenters. The number of hydrogen-bond acceptors (Lipinski definition) is 4. The van der Waals surface area contributed by atoms with Gasteiger partial charge in [0, 0.05) is 12.1 Å². The van der Waals surface area contributed by atoms with E-state index < -0.39 is 16.7 Å². The summed E-state index contributed by atoms with van der Waals surface area (Å²) in [7, 11) is 1.11. The average molecular weight is 239 g/mol. The van der Waals surface area contributed by atoms with Crippen molar-refractivity contribution in [1.29, 1.82) is 0 Å². The fraction of sp³-hybridized carbons (Fsp3) is 0.364. The van der Waals surface area contributed by atoms with Gasteiger partial charge in [0.25, 0.3) is 5.69 Å². The highest BCUT2D eigenvalue weighted by Crippen LogP contribution is 2.43. The van der Waals surface area contributed by atoms with Gasteiger partial charge in [-0.25, -0.2) is 9.18 Å². The molecule has 0 heterocycles. The summed E-state index contributed by atoms with van der Waals surface area (Å²) in [5, 5.41) is 10.7. The van der Waals surface area contributed by atoms with Gasteiger partial charge in [0.2, 0.25) is 0 Å². The number of esters is 1. The molecule has 0 aromatic heterocycles. The van der Waals surface area contributed by atoms with Crippen LogP contribution in [0.2, 0.25) is 0 Å². The lowest BCUT2D eigenvalue weighted by molar-refractivity contribution is -0.385. The van der Waals surface area contributed by atoms with Crippen molar-refractivity contribution in [3.05, 3.63) is 39.2 Å². The molecule has 1 aromatic rings. The number of nitrogens with zero attached hydrogens (tertiary/aromatic N) is 1. The van der Waals surface area contributed by atoms with Crippen LogP contribution in [0.3, 0.4) is 0 Å². The summed E-state index contributed by atoms with van der Waals surface area (Å²) in [6.07, 6.45) is 1.58. The van der Waals surface area contributed by atoms with Crippen LogP contribution in [-0.4, -0.2) is 18.0 Å². The van der Waals surface area contributed by atoms with Gasteiger partial charge in [-0.1, -0.05) is 0 Å². The highest BCUT2D eigenvalue weighted by atomic mass is 19.1. The predicted octanol–water partition coefficient (Wildman–Crippen LogP) is 2.40. The highest BCUT2D eigenvalue weighted by Gasteiger charge is 2.31. The Bertz CT molecular complexity index is 496. The predicted molar refractivity (Wildman–Crippen MR) is 56.4 cm³/mol. The third kappa shape index (κ3) is 2.11. The topological polar surface area (TPSA) is 69.4 Å². The van der Waals surface area contributed by atoms with Crippen LogP contribution in [-0.2, 0) is 4.74 Å². The van der Waals surface area contributed by atoms with Crippen LogP contribution < -0.4 is 0 Å². The Balaban J connectivity index is 2.56. The number of halogens is 1. The summed E-state index contributed by atoms with van der Waals surface area (Å²) in [6.45, 7) is 0. The Morgan fingerprint density at radius 2 is 2.18 bits per heavy atom. The molecule has 2 rings (SSSR count). The van der Waals surface area contributed by atoms with E-state index in [0.717, 1.165) is 26.0 Å². The lowest BCUT2D eigenvalue weighted by Crippen LogP contribution is -2.08. The Morgan fingerprint density at radius 3 is 2.65 bits per heavy atom. The molecule has 0 saturated heterocycles. The summed E-state index contributed by atoms with van der Waals surface area (Å²) >= 11 is 0. The highest BCUT2D eigenvalue weighted by molar-refractivity contribution is 5.90. The van der Waals surface area contributed by atoms with Crippen molar-refractivity contribution in [2.45, 2.75) is 18.8 Å². The molecular formula is C11H10FNO4. The second-order valence-electron chi connectivity index (χ2n) is 3.92. The van der Waals surface area contributed by atoms with Gasteiger partial charge in [-0.3, -0.25) is 10.1 Å². The van der Waals surface area contributed by atoms with Crippen molar-refractivity contribution >= 4 is 11.7 Å². The van der Waals surface area contributed by atoms with Crippen LogP contribution >= 0.6 is 0 Å². The van der Waals surface area contributed by atoms with Crippen molar-refractivity contribution in [3.63, 3.8) is 0 Å². The van der Waals surface area contributed by atoms with Crippen molar-refractivity contribution in [2.24, 2.45) is 0 Å². The molecule has 90 valence electrons. The molecule has 17 heavy (non-hydrogen) atoms. The van der Waals surface area contributed by atoms with Crippen molar-refractivity contribution in [1.82, 2.24) is 0 Å². The fourth-order valence-electron chi connectivity index (χ4n) is 1.69. The number of rotatable bonds is 3. The monoisotopic (exact) mass is 239 g/mol. The summed E-state index contributed by atoms with van der Waals surface area (Å²) in [5.74, 6) is -1.61. The first-order chi connectivity index (χ1) is 8.04. The summed E-state index contributed by atoms with van der Waals surface area (Å²) < 4.78 is 18.3. The number of ether oxygens (including phenoxy) is 1. The van der Waals surface area contributed by atoms with Crippen LogP contribution in [0.25, 0.3) is 0 Å². The van der Waals surface area contributed by atoms with Gasteiger partial charge in [0.1, 0.15) is 11.4 Å². The van der Waals surface area contributed by atoms with Crippen LogP contribution in [0.4, 0.5) is 10.1 Å². The Labute approximate surface area is 96.3 Å². The SMILES string of the molecule is COC(=O)c1cc([N+](=O)[O-])cc(C2CC2)c1F. The maximum Gasteiger partial charge on any atom is 0.341 e. The smallest absolute Gasteiger partial charge is 0.341 e. The molecule has 0 N–H and O–H groups in total. The Kier molecular flexibility index (Phi) is 2.79. The Morgan fingerprint density at radius 1 is 1.53 bits per heavy atom. The second kappa shape index (κ2) is 4.12. The zero-order valence-corrected chi connectivity index (χ0v) is 9.10. The molecule has 1 aromatic carbocycles. The normalized spacial score (nSPS) is 14.5. The van der Waals surface area contributed by atoms with Crippen LogP contribution in [0.5, 0.6) is 0 Å². The van der Waals surface area contributed by atoms with Gasteiger partial charge in [-0.2, -0.15) is 0 Å². The maximum atomic E-state index is 13.9. The first kappa shape index (κ1) is 11.5. The van der Waals surface area contributed by atoms with E-state index in [1.165, 1.54) is 6.07 Å². The number of non-ortho nitro benzene ring substituents is 1. The lowest BCUT2D eigenvalue weighted by atomic mass is 10.0. The third-order valence-corrected chi connectivity index (χ3v) is 2.72. The second-order valence-corrected chi connectivity index (χ2v) is 3.92. The molecule has 6 heteroatoms.